The van der Waals surface area contributed by atoms with Gasteiger partial charge in [0.1, 0.15) is 0 Å². The van der Waals surface area contributed by atoms with Crippen LogP contribution in [0, 0.1) is 5.41 Å². The van der Waals surface area contributed by atoms with E-state index in [4.69, 9.17) is 0 Å². The molecule has 1 aliphatic rings. The minimum Gasteiger partial charge on any atom is -0.319 e. The summed E-state index contributed by atoms with van der Waals surface area (Å²) in [4.78, 5) is 2.59. The molecule has 1 N–H and O–H groups in total. The van der Waals surface area contributed by atoms with Crippen LogP contribution in [0.5, 0.6) is 0 Å². The van der Waals surface area contributed by atoms with Crippen molar-refractivity contribution >= 4 is 0 Å². The molecule has 1 aliphatic carbocycles. The summed E-state index contributed by atoms with van der Waals surface area (Å²) in [5.41, 5.74) is 0.639. The highest BCUT2D eigenvalue weighted by Gasteiger charge is 2.42. The van der Waals surface area contributed by atoms with Crippen molar-refractivity contribution < 1.29 is 0 Å². The summed E-state index contributed by atoms with van der Waals surface area (Å²) in [6, 6.07) is 0. The molecule has 2 heteroatoms. The lowest BCUT2D eigenvalue weighted by Crippen LogP contribution is -2.35. The maximum atomic E-state index is 3.32. The average Bonchev–Trinajstić information content (AvgIpc) is 3.14. The zero-order valence-corrected chi connectivity index (χ0v) is 13.4. The van der Waals surface area contributed by atoms with Crippen molar-refractivity contribution in [3.63, 3.8) is 0 Å². The fourth-order valence-electron chi connectivity index (χ4n) is 2.08. The SMILES string of the molecule is CC.CC.CCCN(CC)CC1(CNC)CC1. The highest BCUT2D eigenvalue weighted by atomic mass is 15.1. The molecular weight excluding hydrogens is 208 g/mol. The number of rotatable bonds is 7. The van der Waals surface area contributed by atoms with Crippen molar-refractivity contribution in [2.75, 3.05) is 33.2 Å². The minimum atomic E-state index is 0.639. The molecule has 0 amide bonds. The molecule has 0 atom stereocenters. The molecule has 0 aromatic heterocycles. The van der Waals surface area contributed by atoms with Gasteiger partial charge in [0.15, 0.2) is 0 Å². The standard InChI is InChI=1S/C11H24N2.2C2H6/c1-4-8-13(5-2)10-11(6-7-11)9-12-3;2*1-2/h12H,4-10H2,1-3H3;2*1-2H3. The molecule has 0 bridgehead atoms. The first-order valence-corrected chi connectivity index (χ1v) is 7.63. The first-order valence-electron chi connectivity index (χ1n) is 7.63. The van der Waals surface area contributed by atoms with Gasteiger partial charge in [-0.05, 0) is 44.8 Å². The first-order chi connectivity index (χ1) is 8.26. The van der Waals surface area contributed by atoms with Crippen LogP contribution in [0.3, 0.4) is 0 Å². The van der Waals surface area contributed by atoms with E-state index in [1.54, 1.807) is 0 Å². The summed E-state index contributed by atoms with van der Waals surface area (Å²) < 4.78 is 0. The van der Waals surface area contributed by atoms with Gasteiger partial charge in [-0.25, -0.2) is 0 Å². The Morgan fingerprint density at radius 2 is 1.59 bits per heavy atom. The predicted octanol–water partition coefficient (Wildman–Crippen LogP) is 3.77. The van der Waals surface area contributed by atoms with Crippen LogP contribution in [0.1, 0.15) is 60.8 Å². The molecule has 17 heavy (non-hydrogen) atoms. The summed E-state index contributed by atoms with van der Waals surface area (Å²) in [5.74, 6) is 0. The van der Waals surface area contributed by atoms with Crippen LogP contribution in [-0.2, 0) is 0 Å². The molecule has 0 spiro atoms. The molecular formula is C15H36N2. The van der Waals surface area contributed by atoms with Gasteiger partial charge >= 0.3 is 0 Å². The fourth-order valence-corrected chi connectivity index (χ4v) is 2.08. The Morgan fingerprint density at radius 1 is 1.06 bits per heavy atom. The van der Waals surface area contributed by atoms with Crippen LogP contribution in [0.15, 0.2) is 0 Å². The van der Waals surface area contributed by atoms with E-state index in [0.717, 1.165) is 0 Å². The van der Waals surface area contributed by atoms with Crippen molar-refractivity contribution in [3.8, 4) is 0 Å². The van der Waals surface area contributed by atoms with Gasteiger partial charge < -0.3 is 10.2 Å². The number of hydrogen-bond acceptors (Lipinski definition) is 2. The third-order valence-corrected chi connectivity index (χ3v) is 3.05. The van der Waals surface area contributed by atoms with E-state index in [1.165, 1.54) is 45.4 Å². The summed E-state index contributed by atoms with van der Waals surface area (Å²) >= 11 is 0. The molecule has 0 saturated heterocycles. The Balaban J connectivity index is 0. The average molecular weight is 244 g/mol. The van der Waals surface area contributed by atoms with Crippen LogP contribution < -0.4 is 5.32 Å². The van der Waals surface area contributed by atoms with E-state index in [2.05, 4.69) is 31.1 Å². The third-order valence-electron chi connectivity index (χ3n) is 3.05. The van der Waals surface area contributed by atoms with Crippen LogP contribution in [0.4, 0.5) is 0 Å². The number of hydrogen-bond donors (Lipinski definition) is 1. The van der Waals surface area contributed by atoms with Gasteiger partial charge in [0.05, 0.1) is 0 Å². The smallest absolute Gasteiger partial charge is 0.00500 e. The topological polar surface area (TPSA) is 15.3 Å². The second-order valence-corrected chi connectivity index (χ2v) is 4.40. The second-order valence-electron chi connectivity index (χ2n) is 4.40. The Bertz CT molecular complexity index is 142. The maximum absolute atomic E-state index is 3.32. The van der Waals surface area contributed by atoms with Crippen molar-refractivity contribution in [2.24, 2.45) is 5.41 Å². The van der Waals surface area contributed by atoms with Crippen molar-refractivity contribution in [2.45, 2.75) is 60.8 Å². The number of nitrogens with one attached hydrogen (secondary N) is 1. The summed E-state index contributed by atoms with van der Waals surface area (Å²) in [5, 5.41) is 3.32. The minimum absolute atomic E-state index is 0.639. The van der Waals surface area contributed by atoms with Crippen molar-refractivity contribution in [3.05, 3.63) is 0 Å². The Hall–Kier alpha value is -0.0800. The molecule has 0 aliphatic heterocycles. The van der Waals surface area contributed by atoms with Crippen LogP contribution in [0.2, 0.25) is 0 Å². The van der Waals surface area contributed by atoms with Crippen LogP contribution in [0.25, 0.3) is 0 Å². The van der Waals surface area contributed by atoms with Gasteiger partial charge in [-0.3, -0.25) is 0 Å². The van der Waals surface area contributed by atoms with Crippen LogP contribution in [-0.4, -0.2) is 38.1 Å². The molecule has 0 aromatic carbocycles. The summed E-state index contributed by atoms with van der Waals surface area (Å²) in [7, 11) is 2.07. The Kier molecular flexibility index (Phi) is 14.0. The Labute approximate surface area is 110 Å². The molecule has 2 nitrogen and oxygen atoms in total. The highest BCUT2D eigenvalue weighted by Crippen LogP contribution is 2.45. The summed E-state index contributed by atoms with van der Waals surface area (Å²) in [6.45, 7) is 17.5. The third kappa shape index (κ3) is 8.62. The molecule has 0 heterocycles. The first kappa shape index (κ1) is 19.3. The van der Waals surface area contributed by atoms with E-state index < -0.39 is 0 Å². The van der Waals surface area contributed by atoms with E-state index in [9.17, 15) is 0 Å². The van der Waals surface area contributed by atoms with Gasteiger partial charge in [-0.15, -0.1) is 0 Å². The van der Waals surface area contributed by atoms with Crippen molar-refractivity contribution in [1.29, 1.82) is 0 Å². The lowest BCUT2D eigenvalue weighted by atomic mass is 10.1. The number of nitrogens with zero attached hydrogens (tertiary/aromatic N) is 1. The van der Waals surface area contributed by atoms with Gasteiger partial charge in [0.25, 0.3) is 0 Å². The molecule has 0 radical (unpaired) electrons. The normalized spacial score (nSPS) is 15.5. The zero-order valence-electron chi connectivity index (χ0n) is 13.4. The summed E-state index contributed by atoms with van der Waals surface area (Å²) in [6.07, 6.45) is 4.13. The Morgan fingerprint density at radius 3 is 1.88 bits per heavy atom. The molecule has 1 rings (SSSR count). The quantitative estimate of drug-likeness (QED) is 0.733. The fraction of sp³-hybridized carbons (Fsp3) is 1.00. The van der Waals surface area contributed by atoms with E-state index >= 15 is 0 Å². The predicted molar refractivity (Wildman–Crippen MR) is 80.7 cm³/mol. The van der Waals surface area contributed by atoms with Gasteiger partial charge in [0, 0.05) is 13.1 Å². The highest BCUT2D eigenvalue weighted by molar-refractivity contribution is 4.96. The van der Waals surface area contributed by atoms with Gasteiger partial charge in [-0.2, -0.15) is 0 Å². The van der Waals surface area contributed by atoms with Gasteiger partial charge in [0.2, 0.25) is 0 Å². The van der Waals surface area contributed by atoms with Gasteiger partial charge in [-0.1, -0.05) is 41.5 Å². The maximum Gasteiger partial charge on any atom is 0.00500 e. The van der Waals surface area contributed by atoms with Crippen molar-refractivity contribution in [1.82, 2.24) is 10.2 Å². The molecule has 106 valence electrons. The molecule has 1 fully saturated rings. The van der Waals surface area contributed by atoms with Crippen LogP contribution >= 0.6 is 0 Å². The second kappa shape index (κ2) is 12.4. The zero-order chi connectivity index (χ0) is 13.7. The lowest BCUT2D eigenvalue weighted by molar-refractivity contribution is 0.227. The van der Waals surface area contributed by atoms with E-state index in [1.807, 2.05) is 27.7 Å². The molecule has 1 saturated carbocycles. The molecule has 0 aromatic rings. The largest absolute Gasteiger partial charge is 0.319 e. The monoisotopic (exact) mass is 244 g/mol. The molecule has 0 unspecified atom stereocenters. The van der Waals surface area contributed by atoms with E-state index in [-0.39, 0.29) is 0 Å². The van der Waals surface area contributed by atoms with E-state index in [0.29, 0.717) is 5.41 Å². The lowest BCUT2D eigenvalue weighted by Gasteiger charge is -2.25.